The molecule has 0 bridgehead atoms. The summed E-state index contributed by atoms with van der Waals surface area (Å²) >= 11 is 0. The van der Waals surface area contributed by atoms with E-state index in [9.17, 15) is 10.1 Å². The molecule has 0 aliphatic carbocycles. The van der Waals surface area contributed by atoms with Crippen molar-refractivity contribution in [3.63, 3.8) is 0 Å². The van der Waals surface area contributed by atoms with Crippen LogP contribution < -0.4 is 10.1 Å². The topological polar surface area (TPSA) is 71.3 Å². The second kappa shape index (κ2) is 8.54. The highest BCUT2D eigenvalue weighted by Crippen LogP contribution is 2.26. The fourth-order valence-electron chi connectivity index (χ4n) is 2.55. The van der Waals surface area contributed by atoms with Gasteiger partial charge in [0.25, 0.3) is 5.91 Å². The highest BCUT2D eigenvalue weighted by molar-refractivity contribution is 5.97. The summed E-state index contributed by atoms with van der Waals surface area (Å²) in [5, 5.41) is 12.0. The molecule has 126 valence electrons. The Bertz CT molecular complexity index is 578. The fraction of sp³-hybridized carbons (Fsp3) is 0.556. The normalized spacial score (nSPS) is 13.3. The molecule has 0 aromatic heterocycles. The molecule has 0 fully saturated rings. The van der Waals surface area contributed by atoms with Crippen molar-refractivity contribution < 1.29 is 14.3 Å². The average molecular weight is 318 g/mol. The molecule has 0 aliphatic rings. The van der Waals surface area contributed by atoms with E-state index in [4.69, 9.17) is 9.47 Å². The van der Waals surface area contributed by atoms with Gasteiger partial charge in [-0.2, -0.15) is 5.26 Å². The molecule has 0 heterocycles. The number of anilines is 1. The molecule has 1 aromatic rings. The van der Waals surface area contributed by atoms with E-state index in [1.165, 1.54) is 0 Å². The number of benzene rings is 1. The molecule has 0 unspecified atom stereocenters. The third kappa shape index (κ3) is 5.26. The van der Waals surface area contributed by atoms with Crippen LogP contribution in [0, 0.1) is 17.2 Å². The zero-order valence-electron chi connectivity index (χ0n) is 14.6. The maximum Gasteiger partial charge on any atom is 0.256 e. The summed E-state index contributed by atoms with van der Waals surface area (Å²) in [7, 11) is 0. The van der Waals surface area contributed by atoms with E-state index in [0.717, 1.165) is 0 Å². The smallest absolute Gasteiger partial charge is 0.256 e. The Morgan fingerprint density at radius 3 is 2.57 bits per heavy atom. The van der Waals surface area contributed by atoms with Crippen molar-refractivity contribution in [3.8, 4) is 11.8 Å². The van der Waals surface area contributed by atoms with E-state index in [1.54, 1.807) is 25.1 Å². The first-order valence-electron chi connectivity index (χ1n) is 7.98. The highest BCUT2D eigenvalue weighted by Gasteiger charge is 2.34. The predicted molar refractivity (Wildman–Crippen MR) is 90.4 cm³/mol. The molecule has 23 heavy (non-hydrogen) atoms. The largest absolute Gasteiger partial charge is 0.492 e. The Kier molecular flexibility index (Phi) is 7.05. The van der Waals surface area contributed by atoms with Gasteiger partial charge in [0.05, 0.1) is 12.2 Å². The van der Waals surface area contributed by atoms with Gasteiger partial charge in [-0.25, -0.2) is 0 Å². The fourth-order valence-corrected chi connectivity index (χ4v) is 2.55. The van der Waals surface area contributed by atoms with E-state index in [2.05, 4.69) is 25.2 Å². The van der Waals surface area contributed by atoms with Crippen molar-refractivity contribution in [2.45, 2.75) is 46.6 Å². The first-order chi connectivity index (χ1) is 10.9. The number of rotatable bonds is 8. The van der Waals surface area contributed by atoms with E-state index in [1.807, 2.05) is 13.8 Å². The third-order valence-corrected chi connectivity index (χ3v) is 3.40. The molecule has 0 aliphatic heterocycles. The number of hydrogen-bond acceptors (Lipinski definition) is 4. The van der Waals surface area contributed by atoms with E-state index in [0.29, 0.717) is 42.6 Å². The predicted octanol–water partition coefficient (Wildman–Crippen LogP) is 3.74. The second-order valence-corrected chi connectivity index (χ2v) is 5.97. The van der Waals surface area contributed by atoms with E-state index < -0.39 is 5.60 Å². The molecule has 5 nitrogen and oxygen atoms in total. The van der Waals surface area contributed by atoms with Crippen LogP contribution in [-0.4, -0.2) is 24.7 Å². The van der Waals surface area contributed by atoms with Gasteiger partial charge in [-0.05, 0) is 51.3 Å². The first-order valence-corrected chi connectivity index (χ1v) is 7.98. The lowest BCUT2D eigenvalue weighted by atomic mass is 9.93. The van der Waals surface area contributed by atoms with Crippen molar-refractivity contribution >= 4 is 11.6 Å². The molecule has 0 saturated heterocycles. The Morgan fingerprint density at radius 1 is 1.35 bits per heavy atom. The lowest BCUT2D eigenvalue weighted by Gasteiger charge is -2.30. The van der Waals surface area contributed by atoms with Crippen molar-refractivity contribution in [1.82, 2.24) is 0 Å². The zero-order chi connectivity index (χ0) is 17.5. The molecular formula is C18H26N2O3. The van der Waals surface area contributed by atoms with Crippen LogP contribution in [0.25, 0.3) is 0 Å². The Labute approximate surface area is 138 Å². The first kappa shape index (κ1) is 19.0. The summed E-state index contributed by atoms with van der Waals surface area (Å²) in [6.07, 6.45) is 0.620. The lowest BCUT2D eigenvalue weighted by Crippen LogP contribution is -2.44. The Morgan fingerprint density at radius 2 is 2.04 bits per heavy atom. The van der Waals surface area contributed by atoms with Gasteiger partial charge >= 0.3 is 0 Å². The summed E-state index contributed by atoms with van der Waals surface area (Å²) in [4.78, 5) is 12.6. The Hall–Kier alpha value is -2.06. The molecule has 0 spiro atoms. The van der Waals surface area contributed by atoms with Crippen molar-refractivity contribution in [2.24, 2.45) is 5.92 Å². The number of nitrogens with zero attached hydrogens (tertiary/aromatic N) is 1. The van der Waals surface area contributed by atoms with Gasteiger partial charge in [0, 0.05) is 12.3 Å². The number of ether oxygens (including phenoxy) is 2. The van der Waals surface area contributed by atoms with Gasteiger partial charge in [-0.1, -0.05) is 13.8 Å². The van der Waals surface area contributed by atoms with Crippen LogP contribution in [-0.2, 0) is 9.53 Å². The van der Waals surface area contributed by atoms with E-state index in [-0.39, 0.29) is 5.91 Å². The molecule has 0 radical (unpaired) electrons. The van der Waals surface area contributed by atoms with Crippen LogP contribution in [0.1, 0.15) is 46.6 Å². The van der Waals surface area contributed by atoms with Gasteiger partial charge in [0.1, 0.15) is 17.4 Å². The minimum Gasteiger partial charge on any atom is -0.492 e. The van der Waals surface area contributed by atoms with Crippen LogP contribution in [0.15, 0.2) is 18.2 Å². The van der Waals surface area contributed by atoms with Gasteiger partial charge in [0.15, 0.2) is 0 Å². The summed E-state index contributed by atoms with van der Waals surface area (Å²) < 4.78 is 11.1. The zero-order valence-corrected chi connectivity index (χ0v) is 14.6. The molecule has 1 aromatic carbocycles. The number of amides is 1. The monoisotopic (exact) mass is 318 g/mol. The van der Waals surface area contributed by atoms with Gasteiger partial charge in [-0.15, -0.1) is 0 Å². The molecular weight excluding hydrogens is 292 g/mol. The van der Waals surface area contributed by atoms with Crippen molar-refractivity contribution in [3.05, 3.63) is 23.8 Å². The molecule has 1 amide bonds. The molecule has 5 heteroatoms. The van der Waals surface area contributed by atoms with Crippen molar-refractivity contribution in [1.29, 1.82) is 5.26 Å². The summed E-state index contributed by atoms with van der Waals surface area (Å²) in [6.45, 7) is 10.6. The standard InChI is InChI=1S/C18H26N2O3/c1-6-22-16-9-8-15(10-14(16)12-19)20-17(21)18(5,23-7-2)11-13(3)4/h8-10,13H,6-7,11H2,1-5H3,(H,20,21)/t18-/m0/s1. The number of carbonyl (C=O) groups excluding carboxylic acids is 1. The molecule has 0 saturated carbocycles. The maximum absolute atomic E-state index is 12.6. The minimum absolute atomic E-state index is 0.207. The van der Waals surface area contributed by atoms with Crippen LogP contribution in [0.5, 0.6) is 5.75 Å². The van der Waals surface area contributed by atoms with Crippen LogP contribution in [0.2, 0.25) is 0 Å². The molecule has 1 rings (SSSR count). The van der Waals surface area contributed by atoms with Gasteiger partial charge < -0.3 is 14.8 Å². The lowest BCUT2D eigenvalue weighted by molar-refractivity contribution is -0.140. The molecule has 1 atom stereocenters. The third-order valence-electron chi connectivity index (χ3n) is 3.40. The molecule has 1 N–H and O–H groups in total. The maximum atomic E-state index is 12.6. The van der Waals surface area contributed by atoms with Crippen LogP contribution in [0.3, 0.4) is 0 Å². The number of carbonyl (C=O) groups is 1. The number of nitrogens with one attached hydrogen (secondary N) is 1. The Balaban J connectivity index is 2.96. The summed E-state index contributed by atoms with van der Waals surface area (Å²) in [5.74, 6) is 0.635. The second-order valence-electron chi connectivity index (χ2n) is 5.97. The average Bonchev–Trinajstić information content (AvgIpc) is 2.48. The minimum atomic E-state index is -0.895. The van der Waals surface area contributed by atoms with Crippen LogP contribution >= 0.6 is 0 Å². The van der Waals surface area contributed by atoms with Crippen molar-refractivity contribution in [2.75, 3.05) is 18.5 Å². The SMILES string of the molecule is CCOc1ccc(NC(=O)[C@](C)(CC(C)C)OCC)cc1C#N. The summed E-state index contributed by atoms with van der Waals surface area (Å²) in [5.41, 5.74) is 0.0604. The van der Waals surface area contributed by atoms with Gasteiger partial charge in [0.2, 0.25) is 0 Å². The van der Waals surface area contributed by atoms with E-state index >= 15 is 0 Å². The quantitative estimate of drug-likeness (QED) is 0.792. The number of nitriles is 1. The van der Waals surface area contributed by atoms with Crippen LogP contribution in [0.4, 0.5) is 5.69 Å². The highest BCUT2D eigenvalue weighted by atomic mass is 16.5. The number of hydrogen-bond donors (Lipinski definition) is 1. The van der Waals surface area contributed by atoms with Gasteiger partial charge in [-0.3, -0.25) is 4.79 Å². The summed E-state index contributed by atoms with van der Waals surface area (Å²) in [6, 6.07) is 7.12.